The molecule has 146 valence electrons. The minimum Gasteiger partial charge on any atom is -0.465 e. The van der Waals surface area contributed by atoms with Gasteiger partial charge in [0.2, 0.25) is 0 Å². The van der Waals surface area contributed by atoms with Crippen LogP contribution >= 0.6 is 0 Å². The summed E-state index contributed by atoms with van der Waals surface area (Å²) in [7, 11) is 1.25. The number of hydrogen-bond donors (Lipinski definition) is 0. The monoisotopic (exact) mass is 380 g/mol. The lowest BCUT2D eigenvalue weighted by atomic mass is 10.2. The zero-order valence-corrected chi connectivity index (χ0v) is 14.8. The van der Waals surface area contributed by atoms with Crippen molar-refractivity contribution in [1.82, 2.24) is 0 Å². The molecule has 0 atom stereocenters. The van der Waals surface area contributed by atoms with Gasteiger partial charge >= 0.3 is 24.1 Å². The van der Waals surface area contributed by atoms with Gasteiger partial charge in [-0.15, -0.1) is 0 Å². The van der Waals surface area contributed by atoms with E-state index in [1.165, 1.54) is 31.4 Å². The maximum absolute atomic E-state index is 11.6. The highest BCUT2D eigenvalue weighted by Crippen LogP contribution is 2.13. The SMILES string of the molecule is C=CC(=O)OCCCCOC(=O)OCC(=O)Oc1ccc(C(=O)OC)cc1. The highest BCUT2D eigenvalue weighted by Gasteiger charge is 2.11. The highest BCUT2D eigenvalue weighted by atomic mass is 16.7. The molecule has 0 aliphatic carbocycles. The molecule has 0 bridgehead atoms. The molecule has 1 aromatic rings. The van der Waals surface area contributed by atoms with E-state index in [4.69, 9.17) is 14.2 Å². The molecule has 9 heteroatoms. The van der Waals surface area contributed by atoms with Crippen molar-refractivity contribution < 1.29 is 42.9 Å². The van der Waals surface area contributed by atoms with Gasteiger partial charge in [-0.05, 0) is 37.1 Å². The second kappa shape index (κ2) is 12.1. The Kier molecular flexibility index (Phi) is 9.69. The van der Waals surface area contributed by atoms with Gasteiger partial charge in [0, 0.05) is 6.08 Å². The molecule has 1 aromatic carbocycles. The Morgan fingerprint density at radius 2 is 1.59 bits per heavy atom. The van der Waals surface area contributed by atoms with Crippen LogP contribution in [0.25, 0.3) is 0 Å². The molecule has 0 heterocycles. The largest absolute Gasteiger partial charge is 0.508 e. The first-order valence-electron chi connectivity index (χ1n) is 7.94. The third-order valence-corrected chi connectivity index (χ3v) is 2.98. The summed E-state index contributed by atoms with van der Waals surface area (Å²) in [5, 5.41) is 0. The predicted octanol–water partition coefficient (Wildman–Crippen LogP) is 2.04. The maximum atomic E-state index is 11.6. The van der Waals surface area contributed by atoms with E-state index in [0.29, 0.717) is 18.4 Å². The average Bonchev–Trinajstić information content (AvgIpc) is 2.68. The molecule has 0 N–H and O–H groups in total. The number of unbranched alkanes of at least 4 members (excludes halogenated alkanes) is 1. The Bertz CT molecular complexity index is 664. The zero-order chi connectivity index (χ0) is 20.1. The third kappa shape index (κ3) is 9.05. The van der Waals surface area contributed by atoms with E-state index in [9.17, 15) is 19.2 Å². The summed E-state index contributed by atoms with van der Waals surface area (Å²) < 4.78 is 23.6. The fraction of sp³-hybridized carbons (Fsp3) is 0.333. The molecule has 0 radical (unpaired) electrons. The van der Waals surface area contributed by atoms with Gasteiger partial charge in [-0.1, -0.05) is 6.58 Å². The van der Waals surface area contributed by atoms with Crippen molar-refractivity contribution >= 4 is 24.1 Å². The molecule has 1 rings (SSSR count). The van der Waals surface area contributed by atoms with Crippen LogP contribution in [0.2, 0.25) is 0 Å². The standard InChI is InChI=1S/C18H20O9/c1-3-15(19)24-10-4-5-11-25-18(22)26-12-16(20)27-14-8-6-13(7-9-14)17(21)23-2/h3,6-9H,1,4-5,10-12H2,2H3. The van der Waals surface area contributed by atoms with Gasteiger partial charge in [-0.3, -0.25) is 0 Å². The molecule has 0 spiro atoms. The minimum absolute atomic E-state index is 0.0501. The van der Waals surface area contributed by atoms with Crippen LogP contribution in [-0.4, -0.2) is 51.0 Å². The molecular formula is C18H20O9. The number of carbonyl (C=O) groups is 4. The first-order valence-corrected chi connectivity index (χ1v) is 7.94. The van der Waals surface area contributed by atoms with Crippen LogP contribution in [0.15, 0.2) is 36.9 Å². The summed E-state index contributed by atoms with van der Waals surface area (Å²) in [6.07, 6.45) is 0.990. The van der Waals surface area contributed by atoms with Crippen molar-refractivity contribution in [3.8, 4) is 5.75 Å². The summed E-state index contributed by atoms with van der Waals surface area (Å²) in [5.41, 5.74) is 0.302. The van der Waals surface area contributed by atoms with Crippen molar-refractivity contribution in [2.24, 2.45) is 0 Å². The molecule has 0 saturated carbocycles. The lowest BCUT2D eigenvalue weighted by molar-refractivity contribution is -0.138. The Morgan fingerprint density at radius 1 is 0.963 bits per heavy atom. The van der Waals surface area contributed by atoms with Crippen molar-refractivity contribution in [1.29, 1.82) is 0 Å². The van der Waals surface area contributed by atoms with Gasteiger partial charge in [0.05, 0.1) is 25.9 Å². The summed E-state index contributed by atoms with van der Waals surface area (Å²) in [5.74, 6) is -1.67. The molecule has 0 fully saturated rings. The van der Waals surface area contributed by atoms with Crippen LogP contribution in [0.3, 0.4) is 0 Å². The van der Waals surface area contributed by atoms with Crippen LogP contribution in [0.5, 0.6) is 5.75 Å². The maximum Gasteiger partial charge on any atom is 0.508 e. The van der Waals surface area contributed by atoms with Gasteiger partial charge in [0.15, 0.2) is 6.61 Å². The Labute approximate surface area is 155 Å². The topological polar surface area (TPSA) is 114 Å². The second-order valence-corrected chi connectivity index (χ2v) is 4.96. The van der Waals surface area contributed by atoms with Gasteiger partial charge in [0.1, 0.15) is 5.75 Å². The third-order valence-electron chi connectivity index (χ3n) is 2.98. The first-order chi connectivity index (χ1) is 13.0. The lowest BCUT2D eigenvalue weighted by Crippen LogP contribution is -2.19. The average molecular weight is 380 g/mol. The van der Waals surface area contributed by atoms with Gasteiger partial charge in [0.25, 0.3) is 0 Å². The van der Waals surface area contributed by atoms with Gasteiger partial charge in [-0.25, -0.2) is 19.2 Å². The molecule has 9 nitrogen and oxygen atoms in total. The van der Waals surface area contributed by atoms with E-state index in [1.807, 2.05) is 0 Å². The Hall–Kier alpha value is -3.36. The quantitative estimate of drug-likeness (QED) is 0.198. The second-order valence-electron chi connectivity index (χ2n) is 4.96. The molecule has 0 saturated heterocycles. The summed E-state index contributed by atoms with van der Waals surface area (Å²) in [4.78, 5) is 45.0. The summed E-state index contributed by atoms with van der Waals surface area (Å²) in [6.45, 7) is 2.86. The van der Waals surface area contributed by atoms with Crippen LogP contribution in [0, 0.1) is 0 Å². The van der Waals surface area contributed by atoms with Gasteiger partial charge < -0.3 is 23.7 Å². The van der Waals surface area contributed by atoms with E-state index < -0.39 is 30.7 Å². The fourth-order valence-corrected chi connectivity index (χ4v) is 1.69. The number of esters is 3. The van der Waals surface area contributed by atoms with Crippen molar-refractivity contribution in [3.63, 3.8) is 0 Å². The highest BCUT2D eigenvalue weighted by molar-refractivity contribution is 5.89. The van der Waals surface area contributed by atoms with E-state index in [0.717, 1.165) is 6.08 Å². The Balaban J connectivity index is 2.18. The van der Waals surface area contributed by atoms with E-state index >= 15 is 0 Å². The van der Waals surface area contributed by atoms with Crippen LogP contribution in [-0.2, 0) is 28.5 Å². The normalized spacial score (nSPS) is 9.67. The van der Waals surface area contributed by atoms with Crippen LogP contribution in [0.4, 0.5) is 4.79 Å². The van der Waals surface area contributed by atoms with Crippen molar-refractivity contribution in [2.45, 2.75) is 12.8 Å². The van der Waals surface area contributed by atoms with Crippen molar-refractivity contribution in [2.75, 3.05) is 26.9 Å². The zero-order valence-electron chi connectivity index (χ0n) is 14.8. The smallest absolute Gasteiger partial charge is 0.465 e. The Morgan fingerprint density at radius 3 is 2.19 bits per heavy atom. The number of methoxy groups -OCH3 is 1. The molecule has 0 aliphatic heterocycles. The van der Waals surface area contributed by atoms with Gasteiger partial charge in [-0.2, -0.15) is 0 Å². The van der Waals surface area contributed by atoms with Crippen molar-refractivity contribution in [3.05, 3.63) is 42.5 Å². The van der Waals surface area contributed by atoms with E-state index in [1.54, 1.807) is 0 Å². The lowest BCUT2D eigenvalue weighted by Gasteiger charge is -2.07. The number of hydrogen-bond acceptors (Lipinski definition) is 9. The predicted molar refractivity (Wildman–Crippen MR) is 91.1 cm³/mol. The van der Waals surface area contributed by atoms with E-state index in [-0.39, 0.29) is 19.0 Å². The van der Waals surface area contributed by atoms with Crippen LogP contribution in [0.1, 0.15) is 23.2 Å². The number of ether oxygens (including phenoxy) is 5. The first kappa shape index (κ1) is 21.7. The summed E-state index contributed by atoms with van der Waals surface area (Å²) in [6, 6.07) is 5.66. The summed E-state index contributed by atoms with van der Waals surface area (Å²) >= 11 is 0. The molecule has 27 heavy (non-hydrogen) atoms. The molecule has 0 unspecified atom stereocenters. The fourth-order valence-electron chi connectivity index (χ4n) is 1.69. The molecule has 0 amide bonds. The number of carbonyl (C=O) groups excluding carboxylic acids is 4. The molecule has 0 aromatic heterocycles. The molecular weight excluding hydrogens is 360 g/mol. The van der Waals surface area contributed by atoms with E-state index in [2.05, 4.69) is 16.1 Å². The molecule has 0 aliphatic rings. The number of benzene rings is 1. The number of rotatable bonds is 10. The van der Waals surface area contributed by atoms with Crippen LogP contribution < -0.4 is 4.74 Å². The minimum atomic E-state index is -1.02.